The van der Waals surface area contributed by atoms with Crippen molar-refractivity contribution in [1.82, 2.24) is 4.90 Å². The molecular formula is C10H16ClNO2. The quantitative estimate of drug-likeness (QED) is 0.671. The Labute approximate surface area is 89.7 Å². The molecule has 0 aromatic carbocycles. The first kappa shape index (κ1) is 11.5. The highest BCUT2D eigenvalue weighted by Gasteiger charge is 2.35. The lowest BCUT2D eigenvalue weighted by Gasteiger charge is -2.13. The lowest BCUT2D eigenvalue weighted by atomic mass is 9.99. The Morgan fingerprint density at radius 3 is 2.79 bits per heavy atom. The molecule has 0 radical (unpaired) electrons. The number of hydrogen-bond acceptors (Lipinski definition) is 3. The van der Waals surface area contributed by atoms with Crippen LogP contribution in [-0.2, 0) is 9.53 Å². The first-order chi connectivity index (χ1) is 6.54. The van der Waals surface area contributed by atoms with Gasteiger partial charge in [-0.3, -0.25) is 9.69 Å². The van der Waals surface area contributed by atoms with Crippen LogP contribution in [0.4, 0.5) is 0 Å². The van der Waals surface area contributed by atoms with Gasteiger partial charge in [0.2, 0.25) is 0 Å². The largest absolute Gasteiger partial charge is 0.469 e. The molecule has 0 bridgehead atoms. The van der Waals surface area contributed by atoms with E-state index < -0.39 is 0 Å². The van der Waals surface area contributed by atoms with Crippen molar-refractivity contribution in [3.8, 4) is 0 Å². The summed E-state index contributed by atoms with van der Waals surface area (Å²) in [5.41, 5.74) is 0. The first-order valence-electron chi connectivity index (χ1n) is 4.68. The molecule has 0 spiro atoms. The van der Waals surface area contributed by atoms with Crippen molar-refractivity contribution in [2.75, 3.05) is 26.7 Å². The highest BCUT2D eigenvalue weighted by atomic mass is 35.5. The molecule has 1 fully saturated rings. The Morgan fingerprint density at radius 1 is 1.64 bits per heavy atom. The summed E-state index contributed by atoms with van der Waals surface area (Å²) in [6.45, 7) is 7.95. The van der Waals surface area contributed by atoms with E-state index in [9.17, 15) is 4.79 Å². The van der Waals surface area contributed by atoms with Crippen molar-refractivity contribution in [3.63, 3.8) is 0 Å². The Balaban J connectivity index is 2.51. The molecule has 0 aromatic heterocycles. The molecule has 0 saturated carbocycles. The second kappa shape index (κ2) is 4.80. The number of nitrogens with zero attached hydrogens (tertiary/aromatic N) is 1. The number of carbonyl (C=O) groups is 1. The molecule has 80 valence electrons. The van der Waals surface area contributed by atoms with E-state index in [0.717, 1.165) is 13.1 Å². The van der Waals surface area contributed by atoms with Crippen molar-refractivity contribution in [3.05, 3.63) is 11.6 Å². The normalized spacial score (nSPS) is 27.6. The van der Waals surface area contributed by atoms with Crippen LogP contribution in [0.25, 0.3) is 0 Å². The zero-order valence-electron chi connectivity index (χ0n) is 8.62. The monoisotopic (exact) mass is 217 g/mol. The first-order valence-corrected chi connectivity index (χ1v) is 5.06. The molecule has 3 nitrogen and oxygen atoms in total. The van der Waals surface area contributed by atoms with Gasteiger partial charge in [-0.05, 0) is 5.92 Å². The predicted octanol–water partition coefficient (Wildman–Crippen LogP) is 1.48. The van der Waals surface area contributed by atoms with Crippen LogP contribution >= 0.6 is 11.6 Å². The lowest BCUT2D eigenvalue weighted by molar-refractivity contribution is -0.146. The van der Waals surface area contributed by atoms with Gasteiger partial charge in [0.05, 0.1) is 13.0 Å². The molecule has 2 atom stereocenters. The molecule has 14 heavy (non-hydrogen) atoms. The van der Waals surface area contributed by atoms with Gasteiger partial charge in [-0.15, -0.1) is 0 Å². The molecule has 4 heteroatoms. The van der Waals surface area contributed by atoms with E-state index in [1.165, 1.54) is 7.11 Å². The van der Waals surface area contributed by atoms with Gasteiger partial charge in [0.25, 0.3) is 0 Å². The van der Waals surface area contributed by atoms with Gasteiger partial charge in [-0.2, -0.15) is 0 Å². The summed E-state index contributed by atoms with van der Waals surface area (Å²) in [7, 11) is 1.43. The van der Waals surface area contributed by atoms with Crippen LogP contribution in [0.1, 0.15) is 6.92 Å². The number of likely N-dealkylation sites (tertiary alicyclic amines) is 1. The fourth-order valence-electron chi connectivity index (χ4n) is 1.90. The van der Waals surface area contributed by atoms with E-state index in [1.54, 1.807) is 0 Å². The Bertz CT molecular complexity index is 242. The summed E-state index contributed by atoms with van der Waals surface area (Å²) < 4.78 is 4.74. The van der Waals surface area contributed by atoms with Crippen LogP contribution in [-0.4, -0.2) is 37.6 Å². The van der Waals surface area contributed by atoms with Gasteiger partial charge in [-0.1, -0.05) is 25.1 Å². The van der Waals surface area contributed by atoms with Crippen LogP contribution in [0.5, 0.6) is 0 Å². The Morgan fingerprint density at radius 2 is 2.29 bits per heavy atom. The smallest absolute Gasteiger partial charge is 0.310 e. The van der Waals surface area contributed by atoms with Crippen molar-refractivity contribution in [2.24, 2.45) is 11.8 Å². The lowest BCUT2D eigenvalue weighted by Crippen LogP contribution is -2.25. The maximum Gasteiger partial charge on any atom is 0.310 e. The van der Waals surface area contributed by atoms with E-state index in [-0.39, 0.29) is 11.9 Å². The minimum absolute atomic E-state index is 0.0176. The van der Waals surface area contributed by atoms with E-state index in [1.807, 2.05) is 0 Å². The molecule has 0 amide bonds. The molecule has 0 aliphatic carbocycles. The van der Waals surface area contributed by atoms with E-state index in [2.05, 4.69) is 18.4 Å². The highest BCUT2D eigenvalue weighted by Crippen LogP contribution is 2.24. The van der Waals surface area contributed by atoms with E-state index in [4.69, 9.17) is 16.3 Å². The average molecular weight is 218 g/mol. The summed E-state index contributed by atoms with van der Waals surface area (Å²) in [6.07, 6.45) is 0. The third-order valence-corrected chi connectivity index (χ3v) is 2.71. The predicted molar refractivity (Wildman–Crippen MR) is 56.1 cm³/mol. The van der Waals surface area contributed by atoms with Crippen molar-refractivity contribution in [1.29, 1.82) is 0 Å². The number of methoxy groups -OCH3 is 1. The topological polar surface area (TPSA) is 29.5 Å². The van der Waals surface area contributed by atoms with Gasteiger partial charge in [-0.25, -0.2) is 0 Å². The van der Waals surface area contributed by atoms with Gasteiger partial charge in [0, 0.05) is 24.7 Å². The summed E-state index contributed by atoms with van der Waals surface area (Å²) in [5, 5.41) is 0.614. The van der Waals surface area contributed by atoms with Crippen LogP contribution in [0, 0.1) is 11.8 Å². The fourth-order valence-corrected chi connectivity index (χ4v) is 2.07. The van der Waals surface area contributed by atoms with Gasteiger partial charge < -0.3 is 4.74 Å². The standard InChI is InChI=1S/C10H16ClNO2/c1-7-4-12(5-8(2)11)6-9(7)10(13)14-3/h7,9H,2,4-6H2,1,3H3. The molecule has 0 aromatic rings. The second-order valence-electron chi connectivity index (χ2n) is 3.82. The van der Waals surface area contributed by atoms with Gasteiger partial charge >= 0.3 is 5.97 Å². The van der Waals surface area contributed by atoms with Crippen LogP contribution in [0.15, 0.2) is 11.6 Å². The molecular weight excluding hydrogens is 202 g/mol. The molecule has 1 rings (SSSR count). The van der Waals surface area contributed by atoms with Gasteiger partial charge in [0.15, 0.2) is 0 Å². The van der Waals surface area contributed by atoms with Crippen molar-refractivity contribution in [2.45, 2.75) is 6.92 Å². The Hall–Kier alpha value is -0.540. The number of ether oxygens (including phenoxy) is 1. The molecule has 1 saturated heterocycles. The van der Waals surface area contributed by atoms with Crippen LogP contribution < -0.4 is 0 Å². The third kappa shape index (κ3) is 2.72. The maximum atomic E-state index is 11.4. The van der Waals surface area contributed by atoms with Crippen molar-refractivity contribution < 1.29 is 9.53 Å². The Kier molecular flexibility index (Phi) is 3.96. The number of carbonyl (C=O) groups excluding carboxylic acids is 1. The van der Waals surface area contributed by atoms with E-state index >= 15 is 0 Å². The molecule has 0 N–H and O–H groups in total. The molecule has 2 unspecified atom stereocenters. The number of halogens is 1. The maximum absolute atomic E-state index is 11.4. The summed E-state index contributed by atoms with van der Waals surface area (Å²) in [6, 6.07) is 0. The van der Waals surface area contributed by atoms with Gasteiger partial charge in [0.1, 0.15) is 0 Å². The minimum atomic E-state index is -0.125. The van der Waals surface area contributed by atoms with E-state index in [0.29, 0.717) is 17.5 Å². The zero-order chi connectivity index (χ0) is 10.7. The average Bonchev–Trinajstić information content (AvgIpc) is 2.44. The molecule has 1 heterocycles. The van der Waals surface area contributed by atoms with Crippen LogP contribution in [0.2, 0.25) is 0 Å². The third-order valence-electron chi connectivity index (χ3n) is 2.59. The zero-order valence-corrected chi connectivity index (χ0v) is 9.38. The number of rotatable bonds is 3. The number of esters is 1. The highest BCUT2D eigenvalue weighted by molar-refractivity contribution is 6.29. The molecule has 1 aliphatic rings. The second-order valence-corrected chi connectivity index (χ2v) is 4.35. The summed E-state index contributed by atoms with van der Waals surface area (Å²) in [4.78, 5) is 13.5. The minimum Gasteiger partial charge on any atom is -0.469 e. The number of hydrogen-bond donors (Lipinski definition) is 0. The summed E-state index contributed by atoms with van der Waals surface area (Å²) in [5.74, 6) is 0.190. The van der Waals surface area contributed by atoms with Crippen LogP contribution in [0.3, 0.4) is 0 Å². The molecule has 1 aliphatic heterocycles. The fraction of sp³-hybridized carbons (Fsp3) is 0.700. The summed E-state index contributed by atoms with van der Waals surface area (Å²) >= 11 is 5.71. The van der Waals surface area contributed by atoms with Crippen molar-refractivity contribution >= 4 is 17.6 Å². The SMILES string of the molecule is C=C(Cl)CN1CC(C)C(C(=O)OC)C1.